The lowest BCUT2D eigenvalue weighted by atomic mass is 9.99. The summed E-state index contributed by atoms with van der Waals surface area (Å²) in [5, 5.41) is 7.07. The predicted octanol–water partition coefficient (Wildman–Crippen LogP) is 2.21. The molecular weight excluding hydrogens is 390 g/mol. The Morgan fingerprint density at radius 2 is 1.72 bits per heavy atom. The summed E-state index contributed by atoms with van der Waals surface area (Å²) < 4.78 is 29.7. The molecule has 0 bridgehead atoms. The zero-order chi connectivity index (χ0) is 20.2. The molecule has 0 atom stereocenters. The Hall–Kier alpha value is -2.55. The summed E-state index contributed by atoms with van der Waals surface area (Å²) in [5.74, 6) is 0.526. The highest BCUT2D eigenvalue weighted by atomic mass is 32.2. The molecule has 8 nitrogen and oxygen atoms in total. The van der Waals surface area contributed by atoms with Gasteiger partial charge in [-0.1, -0.05) is 6.07 Å². The molecule has 3 aliphatic rings. The van der Waals surface area contributed by atoms with Crippen molar-refractivity contribution in [1.82, 2.24) is 14.5 Å². The summed E-state index contributed by atoms with van der Waals surface area (Å²) in [6.45, 7) is 1.42. The molecule has 2 heterocycles. The number of benzene rings is 1. The lowest BCUT2D eigenvalue weighted by Crippen LogP contribution is -2.36. The van der Waals surface area contributed by atoms with Gasteiger partial charge in [0, 0.05) is 25.8 Å². The predicted molar refractivity (Wildman–Crippen MR) is 110 cm³/mol. The van der Waals surface area contributed by atoms with Gasteiger partial charge < -0.3 is 10.2 Å². The van der Waals surface area contributed by atoms with E-state index >= 15 is 0 Å². The van der Waals surface area contributed by atoms with E-state index in [1.165, 1.54) is 28.5 Å². The molecule has 2 aliphatic carbocycles. The van der Waals surface area contributed by atoms with E-state index in [1.54, 1.807) is 4.68 Å². The molecule has 0 fully saturated rings. The quantitative estimate of drug-likeness (QED) is 0.801. The van der Waals surface area contributed by atoms with Crippen LogP contribution in [0.5, 0.6) is 0 Å². The number of aryl methyl sites for hydroxylation is 3. The summed E-state index contributed by atoms with van der Waals surface area (Å²) in [7, 11) is -2.19. The van der Waals surface area contributed by atoms with Crippen molar-refractivity contribution in [3.05, 3.63) is 34.5 Å². The van der Waals surface area contributed by atoms with Crippen molar-refractivity contribution in [1.29, 1.82) is 0 Å². The van der Waals surface area contributed by atoms with Gasteiger partial charge in [0.1, 0.15) is 10.7 Å². The number of amides is 2. The topological polar surface area (TPSA) is 96.3 Å². The minimum Gasteiger partial charge on any atom is -0.359 e. The van der Waals surface area contributed by atoms with Crippen LogP contribution in [0.1, 0.15) is 41.5 Å². The molecule has 1 aromatic heterocycles. The van der Waals surface area contributed by atoms with Crippen molar-refractivity contribution >= 4 is 27.6 Å². The fourth-order valence-corrected chi connectivity index (χ4v) is 6.04. The van der Waals surface area contributed by atoms with Crippen molar-refractivity contribution in [2.24, 2.45) is 0 Å². The third kappa shape index (κ3) is 3.08. The van der Waals surface area contributed by atoms with E-state index < -0.39 is 16.1 Å². The largest absolute Gasteiger partial charge is 0.359 e. The molecule has 2 N–H and O–H groups in total. The summed E-state index contributed by atoms with van der Waals surface area (Å²) in [6, 6.07) is 1.57. The average molecular weight is 416 g/mol. The first kappa shape index (κ1) is 18.5. The van der Waals surface area contributed by atoms with Gasteiger partial charge in [-0.2, -0.15) is 5.10 Å². The molecule has 0 radical (unpaired) electrons. The van der Waals surface area contributed by atoms with Crippen LogP contribution in [0.15, 0.2) is 17.2 Å². The van der Waals surface area contributed by atoms with Crippen molar-refractivity contribution < 1.29 is 13.2 Å². The molecule has 0 spiro atoms. The number of carbonyl (C=O) groups is 1. The van der Waals surface area contributed by atoms with Gasteiger partial charge in [0.2, 0.25) is 0 Å². The third-order valence-corrected chi connectivity index (χ3v) is 7.55. The Labute approximate surface area is 170 Å². The number of carbonyl (C=O) groups excluding carboxylic acids is 1. The molecule has 0 unspecified atom stereocenters. The number of nitrogens with one attached hydrogen (secondary N) is 2. The fraction of sp³-hybridized carbons (Fsp3) is 0.500. The molecule has 0 saturated carbocycles. The maximum atomic E-state index is 12.9. The average Bonchev–Trinajstić information content (AvgIpc) is 3.40. The van der Waals surface area contributed by atoms with Gasteiger partial charge >= 0.3 is 6.03 Å². The van der Waals surface area contributed by atoms with Crippen LogP contribution < -0.4 is 14.9 Å². The van der Waals surface area contributed by atoms with E-state index in [-0.39, 0.29) is 4.90 Å². The Balaban J connectivity index is 1.42. The number of nitrogens with zero attached hydrogens (tertiary/aromatic N) is 3. The molecule has 2 aromatic rings. The Morgan fingerprint density at radius 1 is 1.03 bits per heavy atom. The number of fused-ring (bicyclic) bond motifs is 3. The van der Waals surface area contributed by atoms with Gasteiger partial charge in [0.05, 0.1) is 6.20 Å². The number of rotatable bonds is 3. The monoisotopic (exact) mass is 415 g/mol. The summed E-state index contributed by atoms with van der Waals surface area (Å²) >= 11 is 0. The SMILES string of the molecule is CN1CCCn2ncc(S(=O)(=O)NC(=O)Nc3c4c(cc5c3CCC5)CCC4)c21. The maximum absolute atomic E-state index is 12.9. The first-order valence-corrected chi connectivity index (χ1v) is 11.7. The van der Waals surface area contributed by atoms with E-state index in [2.05, 4.69) is 21.2 Å². The minimum atomic E-state index is -4.03. The highest BCUT2D eigenvalue weighted by molar-refractivity contribution is 7.90. The second-order valence-corrected chi connectivity index (χ2v) is 9.78. The van der Waals surface area contributed by atoms with Gasteiger partial charge in [-0.3, -0.25) is 0 Å². The van der Waals surface area contributed by atoms with Crippen molar-refractivity contribution in [3.8, 4) is 0 Å². The van der Waals surface area contributed by atoms with Gasteiger partial charge in [-0.05, 0) is 67.2 Å². The molecule has 9 heteroatoms. The Morgan fingerprint density at radius 3 is 2.41 bits per heavy atom. The first-order valence-electron chi connectivity index (χ1n) is 10.2. The molecule has 154 valence electrons. The summed E-state index contributed by atoms with van der Waals surface area (Å²) in [4.78, 5) is 14.6. The van der Waals surface area contributed by atoms with E-state index in [0.717, 1.165) is 57.2 Å². The summed E-state index contributed by atoms with van der Waals surface area (Å²) in [6.07, 6.45) is 8.26. The van der Waals surface area contributed by atoms with E-state index in [4.69, 9.17) is 0 Å². The molecule has 2 amide bonds. The molecule has 1 aromatic carbocycles. The number of hydrogen-bond donors (Lipinski definition) is 2. The van der Waals surface area contributed by atoms with Crippen LogP contribution >= 0.6 is 0 Å². The Bertz CT molecular complexity index is 1070. The van der Waals surface area contributed by atoms with Gasteiger partial charge in [0.15, 0.2) is 0 Å². The van der Waals surface area contributed by atoms with Gasteiger partial charge in [0.25, 0.3) is 10.0 Å². The second kappa shape index (κ2) is 6.76. The van der Waals surface area contributed by atoms with E-state index in [9.17, 15) is 13.2 Å². The van der Waals surface area contributed by atoms with Crippen molar-refractivity contribution in [2.75, 3.05) is 23.8 Å². The lowest BCUT2D eigenvalue weighted by Gasteiger charge is -2.26. The molecule has 5 rings (SSSR count). The Kier molecular flexibility index (Phi) is 4.31. The smallest absolute Gasteiger partial charge is 0.333 e. The zero-order valence-corrected chi connectivity index (χ0v) is 17.3. The van der Waals surface area contributed by atoms with Gasteiger partial charge in [-0.15, -0.1) is 0 Å². The van der Waals surface area contributed by atoms with Crippen LogP contribution in [0.25, 0.3) is 0 Å². The molecule has 29 heavy (non-hydrogen) atoms. The number of anilines is 2. The number of aromatic nitrogens is 2. The summed E-state index contributed by atoms with van der Waals surface area (Å²) in [5.41, 5.74) is 5.74. The highest BCUT2D eigenvalue weighted by Crippen LogP contribution is 2.38. The van der Waals surface area contributed by atoms with Crippen LogP contribution in [-0.2, 0) is 42.3 Å². The van der Waals surface area contributed by atoms with E-state index in [1.807, 2.05) is 11.9 Å². The van der Waals surface area contributed by atoms with Crippen LogP contribution in [-0.4, -0.2) is 37.8 Å². The van der Waals surface area contributed by atoms with Crippen LogP contribution in [0, 0.1) is 0 Å². The molecule has 1 aliphatic heterocycles. The second-order valence-electron chi connectivity index (χ2n) is 8.12. The standard InChI is InChI=1S/C20H25N5O3S/c1-24-9-4-10-25-19(24)17(12-21-25)29(27,28)23-20(26)22-18-15-7-2-5-13(15)11-14-6-3-8-16(14)18/h11-12H,2-10H2,1H3,(H2,22,23,26). The van der Waals surface area contributed by atoms with Crippen molar-refractivity contribution in [2.45, 2.75) is 56.4 Å². The van der Waals surface area contributed by atoms with E-state index in [0.29, 0.717) is 12.4 Å². The van der Waals surface area contributed by atoms with Crippen LogP contribution in [0.3, 0.4) is 0 Å². The third-order valence-electron chi connectivity index (χ3n) is 6.23. The molecular formula is C20H25N5O3S. The fourth-order valence-electron chi connectivity index (χ4n) is 4.95. The minimum absolute atomic E-state index is 0.0402. The van der Waals surface area contributed by atoms with Crippen molar-refractivity contribution in [3.63, 3.8) is 0 Å². The van der Waals surface area contributed by atoms with Crippen LogP contribution in [0.2, 0.25) is 0 Å². The maximum Gasteiger partial charge on any atom is 0.333 e. The van der Waals surface area contributed by atoms with Crippen LogP contribution in [0.4, 0.5) is 16.3 Å². The van der Waals surface area contributed by atoms with Gasteiger partial charge in [-0.25, -0.2) is 22.6 Å². The number of sulfonamides is 1. The lowest BCUT2D eigenvalue weighted by molar-refractivity contribution is 0.256. The first-order chi connectivity index (χ1) is 13.9. The normalized spacial score (nSPS) is 17.6. The molecule has 0 saturated heterocycles. The number of urea groups is 1. The highest BCUT2D eigenvalue weighted by Gasteiger charge is 2.30. The zero-order valence-electron chi connectivity index (χ0n) is 16.5. The number of hydrogen-bond acceptors (Lipinski definition) is 5.